The Bertz CT molecular complexity index is 235. The van der Waals surface area contributed by atoms with Crippen LogP contribution in [0.25, 0.3) is 0 Å². The lowest BCUT2D eigenvalue weighted by Gasteiger charge is -1.98. The van der Waals surface area contributed by atoms with Gasteiger partial charge >= 0.3 is 0 Å². The molecule has 0 atom stereocenters. The second kappa shape index (κ2) is 4.11. The Morgan fingerprint density at radius 2 is 2.00 bits per heavy atom. The van der Waals surface area contributed by atoms with Crippen molar-refractivity contribution >= 4 is 56.8 Å². The summed E-state index contributed by atoms with van der Waals surface area (Å²) in [7, 11) is 0. The third-order valence-electron chi connectivity index (χ3n) is 1.16. The zero-order valence-electron chi connectivity index (χ0n) is 5.07. The maximum absolute atomic E-state index is 5.68. The zero-order chi connectivity index (χ0) is 7.56. The number of benzene rings is 1. The van der Waals surface area contributed by atoms with Crippen LogP contribution >= 0.6 is 56.8 Å². The molecular formula is C7H5ClI2. The van der Waals surface area contributed by atoms with Crippen LogP contribution < -0.4 is 0 Å². The molecular weight excluding hydrogens is 373 g/mol. The van der Waals surface area contributed by atoms with E-state index in [0.29, 0.717) is 5.88 Å². The van der Waals surface area contributed by atoms with Gasteiger partial charge < -0.3 is 0 Å². The number of alkyl halides is 1. The highest BCUT2D eigenvalue weighted by atomic mass is 127. The number of hydrogen-bond donors (Lipinski definition) is 0. The van der Waals surface area contributed by atoms with Crippen LogP contribution in [-0.4, -0.2) is 0 Å². The van der Waals surface area contributed by atoms with Crippen molar-refractivity contribution in [1.82, 2.24) is 0 Å². The van der Waals surface area contributed by atoms with Gasteiger partial charge in [0, 0.05) is 13.0 Å². The van der Waals surface area contributed by atoms with Crippen LogP contribution in [0.3, 0.4) is 0 Å². The van der Waals surface area contributed by atoms with Crippen molar-refractivity contribution in [3.63, 3.8) is 0 Å². The summed E-state index contributed by atoms with van der Waals surface area (Å²) < 4.78 is 2.51. The van der Waals surface area contributed by atoms with E-state index in [2.05, 4.69) is 63.4 Å². The SMILES string of the molecule is ClCc1ccc(I)cc1I. The Hall–Kier alpha value is 0.970. The van der Waals surface area contributed by atoms with Crippen LogP contribution in [0.4, 0.5) is 0 Å². The number of hydrogen-bond acceptors (Lipinski definition) is 0. The van der Waals surface area contributed by atoms with Crippen LogP contribution in [0.1, 0.15) is 5.56 Å². The van der Waals surface area contributed by atoms with Gasteiger partial charge in [-0.25, -0.2) is 0 Å². The predicted molar refractivity (Wildman–Crippen MR) is 61.4 cm³/mol. The first-order valence-corrected chi connectivity index (χ1v) is 5.43. The second-order valence-corrected chi connectivity index (χ2v) is 4.54. The molecule has 0 aliphatic rings. The van der Waals surface area contributed by atoms with E-state index in [0.717, 1.165) is 0 Å². The molecule has 0 unspecified atom stereocenters. The first-order valence-electron chi connectivity index (χ1n) is 2.74. The molecule has 0 bridgehead atoms. The van der Waals surface area contributed by atoms with Gasteiger partial charge in [0.1, 0.15) is 0 Å². The first-order chi connectivity index (χ1) is 4.74. The lowest BCUT2D eigenvalue weighted by atomic mass is 10.2. The van der Waals surface area contributed by atoms with E-state index in [1.807, 2.05) is 0 Å². The Kier molecular flexibility index (Phi) is 3.72. The van der Waals surface area contributed by atoms with Gasteiger partial charge in [0.15, 0.2) is 0 Å². The van der Waals surface area contributed by atoms with Crippen LogP contribution in [0, 0.1) is 7.14 Å². The molecule has 0 N–H and O–H groups in total. The molecule has 1 aromatic rings. The van der Waals surface area contributed by atoms with Crippen LogP contribution in [0.15, 0.2) is 18.2 Å². The Balaban J connectivity index is 3.07. The lowest BCUT2D eigenvalue weighted by Crippen LogP contribution is -1.83. The van der Waals surface area contributed by atoms with Crippen LogP contribution in [0.2, 0.25) is 0 Å². The van der Waals surface area contributed by atoms with Gasteiger partial charge in [-0.2, -0.15) is 0 Å². The first kappa shape index (κ1) is 9.06. The van der Waals surface area contributed by atoms with Gasteiger partial charge in [0.2, 0.25) is 0 Å². The highest BCUT2D eigenvalue weighted by Gasteiger charge is 1.96. The molecule has 0 nitrogen and oxygen atoms in total. The summed E-state index contributed by atoms with van der Waals surface area (Å²) in [4.78, 5) is 0. The average Bonchev–Trinajstić information content (AvgIpc) is 1.88. The lowest BCUT2D eigenvalue weighted by molar-refractivity contribution is 1.35. The van der Waals surface area contributed by atoms with E-state index in [9.17, 15) is 0 Å². The van der Waals surface area contributed by atoms with E-state index in [-0.39, 0.29) is 0 Å². The third kappa shape index (κ3) is 2.23. The quantitative estimate of drug-likeness (QED) is 0.517. The zero-order valence-corrected chi connectivity index (χ0v) is 10.1. The molecule has 0 saturated carbocycles. The molecule has 0 radical (unpaired) electrons. The molecule has 0 aliphatic carbocycles. The van der Waals surface area contributed by atoms with E-state index < -0.39 is 0 Å². The van der Waals surface area contributed by atoms with Crippen molar-refractivity contribution in [2.75, 3.05) is 0 Å². The molecule has 54 valence electrons. The fraction of sp³-hybridized carbons (Fsp3) is 0.143. The highest BCUT2D eigenvalue weighted by molar-refractivity contribution is 14.1. The summed E-state index contributed by atoms with van der Waals surface area (Å²) >= 11 is 10.3. The maximum atomic E-state index is 5.68. The maximum Gasteiger partial charge on any atom is 0.0484 e. The Morgan fingerprint density at radius 3 is 2.50 bits per heavy atom. The van der Waals surface area contributed by atoms with Crippen molar-refractivity contribution in [2.24, 2.45) is 0 Å². The molecule has 3 heteroatoms. The Morgan fingerprint density at radius 1 is 1.30 bits per heavy atom. The second-order valence-electron chi connectivity index (χ2n) is 1.87. The minimum Gasteiger partial charge on any atom is -0.122 e. The monoisotopic (exact) mass is 378 g/mol. The fourth-order valence-electron chi connectivity index (χ4n) is 0.630. The molecule has 0 spiro atoms. The summed E-state index contributed by atoms with van der Waals surface area (Å²) in [5.74, 6) is 0.606. The van der Waals surface area contributed by atoms with Crippen LogP contribution in [0.5, 0.6) is 0 Å². The fourth-order valence-corrected chi connectivity index (χ4v) is 2.88. The smallest absolute Gasteiger partial charge is 0.0484 e. The molecule has 0 aromatic heterocycles. The van der Waals surface area contributed by atoms with Crippen molar-refractivity contribution in [2.45, 2.75) is 5.88 Å². The van der Waals surface area contributed by atoms with E-state index in [4.69, 9.17) is 11.6 Å². The Labute approximate surface area is 92.6 Å². The highest BCUT2D eigenvalue weighted by Crippen LogP contribution is 2.17. The van der Waals surface area contributed by atoms with Gasteiger partial charge in [-0.3, -0.25) is 0 Å². The van der Waals surface area contributed by atoms with Gasteiger partial charge in [-0.15, -0.1) is 11.6 Å². The molecule has 0 fully saturated rings. The summed E-state index contributed by atoms with van der Waals surface area (Å²) in [6, 6.07) is 6.26. The van der Waals surface area contributed by atoms with Crippen LogP contribution in [-0.2, 0) is 5.88 Å². The molecule has 0 amide bonds. The van der Waals surface area contributed by atoms with E-state index in [1.54, 1.807) is 0 Å². The molecule has 0 heterocycles. The van der Waals surface area contributed by atoms with Crippen molar-refractivity contribution in [1.29, 1.82) is 0 Å². The number of rotatable bonds is 1. The topological polar surface area (TPSA) is 0 Å². The summed E-state index contributed by atoms with van der Waals surface area (Å²) in [5.41, 5.74) is 1.21. The minimum absolute atomic E-state index is 0.606. The van der Waals surface area contributed by atoms with Gasteiger partial charge in [-0.1, -0.05) is 6.07 Å². The average molecular weight is 378 g/mol. The van der Waals surface area contributed by atoms with Gasteiger partial charge in [0.25, 0.3) is 0 Å². The molecule has 1 rings (SSSR count). The van der Waals surface area contributed by atoms with Crippen molar-refractivity contribution < 1.29 is 0 Å². The molecule has 1 aromatic carbocycles. The molecule has 10 heavy (non-hydrogen) atoms. The molecule has 0 saturated heterocycles. The summed E-state index contributed by atoms with van der Waals surface area (Å²) in [5, 5.41) is 0. The summed E-state index contributed by atoms with van der Waals surface area (Å²) in [6.07, 6.45) is 0. The van der Waals surface area contributed by atoms with E-state index >= 15 is 0 Å². The standard InChI is InChI=1S/C7H5ClI2/c8-4-5-1-2-6(9)3-7(5)10/h1-3H,4H2. The third-order valence-corrected chi connectivity index (χ3v) is 3.12. The predicted octanol–water partition coefficient (Wildman–Crippen LogP) is 3.63. The van der Waals surface area contributed by atoms with Gasteiger partial charge in [0.05, 0.1) is 0 Å². The van der Waals surface area contributed by atoms with E-state index in [1.165, 1.54) is 12.7 Å². The summed E-state index contributed by atoms with van der Waals surface area (Å²) in [6.45, 7) is 0. The normalized spacial score (nSPS) is 9.90. The largest absolute Gasteiger partial charge is 0.122 e. The minimum atomic E-state index is 0.606. The van der Waals surface area contributed by atoms with Gasteiger partial charge in [-0.05, 0) is 62.9 Å². The van der Waals surface area contributed by atoms with Crippen molar-refractivity contribution in [3.05, 3.63) is 30.9 Å². The molecule has 0 aliphatic heterocycles. The number of halogens is 3. The van der Waals surface area contributed by atoms with Crippen molar-refractivity contribution in [3.8, 4) is 0 Å².